The van der Waals surface area contributed by atoms with Crippen molar-refractivity contribution in [3.05, 3.63) is 11.8 Å². The highest BCUT2D eigenvalue weighted by atomic mass is 15.2. The van der Waals surface area contributed by atoms with E-state index in [0.29, 0.717) is 17.9 Å². The summed E-state index contributed by atoms with van der Waals surface area (Å²) in [4.78, 5) is 7.44. The molecule has 2 heteroatoms. The third kappa shape index (κ3) is 3.90. The Morgan fingerprint density at radius 3 is 2.67 bits per heavy atom. The van der Waals surface area contributed by atoms with Crippen LogP contribution in [0.15, 0.2) is 16.8 Å². The highest BCUT2D eigenvalue weighted by molar-refractivity contribution is 5.90. The summed E-state index contributed by atoms with van der Waals surface area (Å²) in [7, 11) is 0. The van der Waals surface area contributed by atoms with E-state index < -0.39 is 0 Å². The minimum Gasteiger partial charge on any atom is -0.372 e. The summed E-state index contributed by atoms with van der Waals surface area (Å²) in [6, 6.07) is 0.672. The smallest absolute Gasteiger partial charge is 0.0395 e. The van der Waals surface area contributed by atoms with Crippen molar-refractivity contribution < 1.29 is 0 Å². The van der Waals surface area contributed by atoms with Crippen LogP contribution >= 0.6 is 0 Å². The Morgan fingerprint density at radius 1 is 1.24 bits per heavy atom. The predicted molar refractivity (Wildman–Crippen MR) is 92.8 cm³/mol. The molecule has 0 bridgehead atoms. The van der Waals surface area contributed by atoms with Gasteiger partial charge in [-0.25, -0.2) is 0 Å². The van der Waals surface area contributed by atoms with Crippen LogP contribution in [0, 0.1) is 17.8 Å². The van der Waals surface area contributed by atoms with Gasteiger partial charge in [-0.2, -0.15) is 0 Å². The Morgan fingerprint density at radius 2 is 2.00 bits per heavy atom. The van der Waals surface area contributed by atoms with Crippen LogP contribution in [0.1, 0.15) is 66.7 Å². The van der Waals surface area contributed by atoms with Crippen LogP contribution < -0.4 is 0 Å². The van der Waals surface area contributed by atoms with Crippen LogP contribution in [0.2, 0.25) is 0 Å². The molecular weight excluding hydrogens is 256 g/mol. The van der Waals surface area contributed by atoms with Crippen molar-refractivity contribution >= 4 is 5.71 Å². The molecular formula is C19H34N2. The molecule has 21 heavy (non-hydrogen) atoms. The second kappa shape index (κ2) is 7.47. The molecule has 0 saturated heterocycles. The van der Waals surface area contributed by atoms with E-state index in [0.717, 1.165) is 12.5 Å². The van der Waals surface area contributed by atoms with Gasteiger partial charge in [0.1, 0.15) is 0 Å². The molecule has 3 unspecified atom stereocenters. The van der Waals surface area contributed by atoms with Crippen molar-refractivity contribution in [2.24, 2.45) is 22.7 Å². The van der Waals surface area contributed by atoms with E-state index in [1.54, 1.807) is 5.70 Å². The van der Waals surface area contributed by atoms with Gasteiger partial charge in [0.25, 0.3) is 0 Å². The monoisotopic (exact) mass is 290 g/mol. The lowest BCUT2D eigenvalue weighted by molar-refractivity contribution is 0.249. The van der Waals surface area contributed by atoms with Gasteiger partial charge in [0.2, 0.25) is 0 Å². The summed E-state index contributed by atoms with van der Waals surface area (Å²) < 4.78 is 0. The maximum atomic E-state index is 4.80. The maximum Gasteiger partial charge on any atom is 0.0395 e. The van der Waals surface area contributed by atoms with Crippen LogP contribution in [0.3, 0.4) is 0 Å². The van der Waals surface area contributed by atoms with Crippen molar-refractivity contribution in [3.8, 4) is 0 Å². The first kappa shape index (κ1) is 16.6. The van der Waals surface area contributed by atoms with Gasteiger partial charge in [0.05, 0.1) is 0 Å². The molecule has 2 aliphatic heterocycles. The molecule has 0 saturated carbocycles. The number of hydrogen-bond donors (Lipinski definition) is 0. The van der Waals surface area contributed by atoms with E-state index in [-0.39, 0.29) is 0 Å². The highest BCUT2D eigenvalue weighted by Gasteiger charge is 2.26. The lowest BCUT2D eigenvalue weighted by Crippen LogP contribution is -2.32. The van der Waals surface area contributed by atoms with E-state index in [1.807, 2.05) is 0 Å². The normalized spacial score (nSPS) is 25.2. The molecule has 0 radical (unpaired) electrons. The van der Waals surface area contributed by atoms with Gasteiger partial charge < -0.3 is 4.90 Å². The molecule has 0 fully saturated rings. The quantitative estimate of drug-likeness (QED) is 0.650. The van der Waals surface area contributed by atoms with Crippen LogP contribution in [0.5, 0.6) is 0 Å². The Labute approximate surface area is 131 Å². The Bertz CT molecular complexity index is 394. The van der Waals surface area contributed by atoms with Gasteiger partial charge in [0.15, 0.2) is 0 Å². The van der Waals surface area contributed by atoms with Crippen molar-refractivity contribution in [2.45, 2.75) is 72.8 Å². The number of allylic oxidation sites excluding steroid dienone is 1. The topological polar surface area (TPSA) is 15.6 Å². The van der Waals surface area contributed by atoms with Crippen molar-refractivity contribution in [1.29, 1.82) is 0 Å². The first-order chi connectivity index (χ1) is 10.0. The fourth-order valence-corrected chi connectivity index (χ4v) is 4.03. The average molecular weight is 290 g/mol. The van der Waals surface area contributed by atoms with Crippen molar-refractivity contribution in [2.75, 3.05) is 13.1 Å². The lowest BCUT2D eigenvalue weighted by Gasteiger charge is -2.32. The summed E-state index contributed by atoms with van der Waals surface area (Å²) in [6.45, 7) is 14.0. The number of rotatable bonds is 7. The van der Waals surface area contributed by atoms with Crippen molar-refractivity contribution in [3.63, 3.8) is 0 Å². The fraction of sp³-hybridized carbons (Fsp3) is 0.842. The maximum absolute atomic E-state index is 4.80. The van der Waals surface area contributed by atoms with Gasteiger partial charge in [-0.15, -0.1) is 0 Å². The molecule has 0 aromatic carbocycles. The van der Waals surface area contributed by atoms with Crippen LogP contribution in [-0.2, 0) is 0 Å². The lowest BCUT2D eigenvalue weighted by atomic mass is 9.87. The zero-order chi connectivity index (χ0) is 15.4. The second-order valence-electron chi connectivity index (χ2n) is 7.29. The van der Waals surface area contributed by atoms with E-state index >= 15 is 0 Å². The molecule has 2 aliphatic rings. The second-order valence-corrected chi connectivity index (χ2v) is 7.29. The molecule has 120 valence electrons. The fourth-order valence-electron chi connectivity index (χ4n) is 4.03. The molecule has 0 amide bonds. The van der Waals surface area contributed by atoms with E-state index in [9.17, 15) is 0 Å². The number of aliphatic imine (C=N–C) groups is 1. The Kier molecular flexibility index (Phi) is 5.89. The SMILES string of the molecule is CCC1CCN=C1C(C)CCC(C)N1CCC=C1C(C)C. The molecule has 0 aromatic rings. The van der Waals surface area contributed by atoms with Gasteiger partial charge in [-0.3, -0.25) is 4.99 Å². The van der Waals surface area contributed by atoms with E-state index in [2.05, 4.69) is 45.6 Å². The first-order valence-corrected chi connectivity index (χ1v) is 9.05. The highest BCUT2D eigenvalue weighted by Crippen LogP contribution is 2.29. The van der Waals surface area contributed by atoms with E-state index in [4.69, 9.17) is 4.99 Å². The minimum atomic E-state index is 0.663. The zero-order valence-corrected chi connectivity index (χ0v) is 14.7. The number of hydrogen-bond acceptors (Lipinski definition) is 2. The van der Waals surface area contributed by atoms with Crippen LogP contribution in [-0.4, -0.2) is 29.7 Å². The van der Waals surface area contributed by atoms with Gasteiger partial charge in [-0.1, -0.05) is 33.8 Å². The standard InChI is InChI=1S/C19H34N2/c1-6-17-11-12-20-19(17)15(4)9-10-16(5)21-13-7-8-18(21)14(2)3/h8,14-17H,6-7,9-13H2,1-5H3. The molecule has 0 N–H and O–H groups in total. The summed E-state index contributed by atoms with van der Waals surface area (Å²) in [5.41, 5.74) is 3.09. The molecule has 0 aliphatic carbocycles. The van der Waals surface area contributed by atoms with E-state index in [1.165, 1.54) is 44.4 Å². The predicted octanol–water partition coefficient (Wildman–Crippen LogP) is 4.91. The molecule has 2 nitrogen and oxygen atoms in total. The summed E-state index contributed by atoms with van der Waals surface area (Å²) in [5.74, 6) is 2.11. The first-order valence-electron chi connectivity index (χ1n) is 9.05. The van der Waals surface area contributed by atoms with Crippen LogP contribution in [0.4, 0.5) is 0 Å². The summed E-state index contributed by atoms with van der Waals surface area (Å²) in [5, 5.41) is 0. The number of nitrogens with zero attached hydrogens (tertiary/aromatic N) is 2. The Balaban J connectivity index is 1.84. The third-order valence-corrected chi connectivity index (χ3v) is 5.38. The molecule has 2 heterocycles. The molecule has 0 aromatic heterocycles. The molecule has 0 spiro atoms. The Hall–Kier alpha value is -0.790. The van der Waals surface area contributed by atoms with Crippen LogP contribution in [0.25, 0.3) is 0 Å². The summed E-state index contributed by atoms with van der Waals surface area (Å²) in [6.07, 6.45) is 8.82. The third-order valence-electron chi connectivity index (χ3n) is 5.38. The average Bonchev–Trinajstić information content (AvgIpc) is 3.11. The minimum absolute atomic E-state index is 0.663. The van der Waals surface area contributed by atoms with Gasteiger partial charge in [-0.05, 0) is 56.8 Å². The summed E-state index contributed by atoms with van der Waals surface area (Å²) >= 11 is 0. The van der Waals surface area contributed by atoms with Gasteiger partial charge in [0, 0.05) is 30.5 Å². The van der Waals surface area contributed by atoms with Crippen molar-refractivity contribution in [1.82, 2.24) is 4.90 Å². The molecule has 2 rings (SSSR count). The van der Waals surface area contributed by atoms with Gasteiger partial charge >= 0.3 is 0 Å². The zero-order valence-electron chi connectivity index (χ0n) is 14.7. The largest absolute Gasteiger partial charge is 0.372 e. The molecule has 3 atom stereocenters.